The normalized spacial score (nSPS) is 18.9. The fourth-order valence-electron chi connectivity index (χ4n) is 3.33. The van der Waals surface area contributed by atoms with Crippen LogP contribution in [0.3, 0.4) is 0 Å². The number of aliphatic hydroxyl groups excluding tert-OH is 1. The first-order valence-electron chi connectivity index (χ1n) is 7.43. The van der Waals surface area contributed by atoms with E-state index in [0.717, 1.165) is 6.54 Å². The Labute approximate surface area is 124 Å². The second-order valence-corrected chi connectivity index (χ2v) is 6.14. The van der Waals surface area contributed by atoms with Crippen LogP contribution in [0.4, 0.5) is 0 Å². The number of benzene rings is 2. The summed E-state index contributed by atoms with van der Waals surface area (Å²) in [5, 5.41) is 13.2. The molecule has 108 valence electrons. The van der Waals surface area contributed by atoms with E-state index in [2.05, 4.69) is 53.8 Å². The van der Waals surface area contributed by atoms with Gasteiger partial charge in [-0.15, -0.1) is 0 Å². The van der Waals surface area contributed by atoms with Crippen LogP contribution in [0.5, 0.6) is 0 Å². The van der Waals surface area contributed by atoms with E-state index in [0.29, 0.717) is 13.2 Å². The van der Waals surface area contributed by atoms with E-state index in [9.17, 15) is 5.11 Å². The molecule has 0 atom stereocenters. The Morgan fingerprint density at radius 2 is 1.57 bits per heavy atom. The van der Waals surface area contributed by atoms with Gasteiger partial charge in [0.15, 0.2) is 0 Å². The molecule has 1 heterocycles. The van der Waals surface area contributed by atoms with Crippen LogP contribution in [0.25, 0.3) is 11.1 Å². The van der Waals surface area contributed by atoms with Crippen LogP contribution in [0.2, 0.25) is 0 Å². The van der Waals surface area contributed by atoms with Crippen molar-refractivity contribution in [2.75, 3.05) is 26.4 Å². The van der Waals surface area contributed by atoms with Gasteiger partial charge in [0.1, 0.15) is 0 Å². The van der Waals surface area contributed by atoms with E-state index < -0.39 is 0 Å². The summed E-state index contributed by atoms with van der Waals surface area (Å²) in [5.74, 6) is 0. The van der Waals surface area contributed by atoms with Crippen molar-refractivity contribution in [2.24, 2.45) is 5.41 Å². The number of fused-ring (bicyclic) bond motifs is 3. The van der Waals surface area contributed by atoms with Crippen LogP contribution in [-0.4, -0.2) is 31.5 Å². The molecule has 1 saturated heterocycles. The van der Waals surface area contributed by atoms with Crippen LogP contribution >= 0.6 is 0 Å². The summed E-state index contributed by atoms with van der Waals surface area (Å²) < 4.78 is 5.28. The molecule has 0 saturated carbocycles. The van der Waals surface area contributed by atoms with Crippen molar-refractivity contribution in [3.63, 3.8) is 0 Å². The molecule has 0 aromatic heterocycles. The zero-order chi connectivity index (χ0) is 14.3. The number of rotatable bonds is 4. The highest BCUT2D eigenvalue weighted by atomic mass is 16.5. The molecule has 0 radical (unpaired) electrons. The first kappa shape index (κ1) is 13.0. The van der Waals surface area contributed by atoms with Gasteiger partial charge in [-0.2, -0.15) is 0 Å². The largest absolute Gasteiger partial charge is 0.396 e. The van der Waals surface area contributed by atoms with Gasteiger partial charge in [0, 0.05) is 6.54 Å². The maximum atomic E-state index is 9.58. The monoisotopic (exact) mass is 281 g/mol. The van der Waals surface area contributed by atoms with Gasteiger partial charge >= 0.3 is 0 Å². The predicted molar refractivity (Wildman–Crippen MR) is 82.1 cm³/mol. The van der Waals surface area contributed by atoms with Crippen LogP contribution in [0.1, 0.15) is 17.2 Å². The number of ether oxygens (including phenoxy) is 1. The highest BCUT2D eigenvalue weighted by Gasteiger charge is 2.39. The van der Waals surface area contributed by atoms with Crippen molar-refractivity contribution in [2.45, 2.75) is 6.04 Å². The molecule has 2 aromatic carbocycles. The zero-order valence-electron chi connectivity index (χ0n) is 11.9. The quantitative estimate of drug-likeness (QED) is 0.904. The Bertz CT molecular complexity index is 613. The van der Waals surface area contributed by atoms with Crippen molar-refractivity contribution >= 4 is 0 Å². The maximum Gasteiger partial charge on any atom is 0.0589 e. The molecule has 3 nitrogen and oxygen atoms in total. The van der Waals surface area contributed by atoms with E-state index >= 15 is 0 Å². The lowest BCUT2D eigenvalue weighted by atomic mass is 9.86. The summed E-state index contributed by atoms with van der Waals surface area (Å²) in [6.45, 7) is 2.24. The Kier molecular flexibility index (Phi) is 3.07. The molecule has 3 heteroatoms. The van der Waals surface area contributed by atoms with Gasteiger partial charge in [-0.05, 0) is 22.3 Å². The molecule has 0 unspecified atom stereocenters. The van der Waals surface area contributed by atoms with Crippen molar-refractivity contribution in [3.05, 3.63) is 59.7 Å². The molecule has 21 heavy (non-hydrogen) atoms. The topological polar surface area (TPSA) is 41.5 Å². The maximum absolute atomic E-state index is 9.58. The lowest BCUT2D eigenvalue weighted by Gasteiger charge is -2.40. The van der Waals surface area contributed by atoms with E-state index in [4.69, 9.17) is 4.74 Å². The molecule has 2 N–H and O–H groups in total. The summed E-state index contributed by atoms with van der Waals surface area (Å²) in [7, 11) is 0. The first-order valence-corrected chi connectivity index (χ1v) is 7.43. The zero-order valence-corrected chi connectivity index (χ0v) is 11.9. The van der Waals surface area contributed by atoms with E-state index in [1.807, 2.05) is 0 Å². The average Bonchev–Trinajstić information content (AvgIpc) is 2.81. The second-order valence-electron chi connectivity index (χ2n) is 6.14. The molecular formula is C18H19NO2. The van der Waals surface area contributed by atoms with Gasteiger partial charge in [-0.1, -0.05) is 48.5 Å². The molecule has 0 bridgehead atoms. The Morgan fingerprint density at radius 1 is 1.00 bits per heavy atom. The van der Waals surface area contributed by atoms with E-state index in [1.54, 1.807) is 0 Å². The number of nitrogens with one attached hydrogen (secondary N) is 1. The van der Waals surface area contributed by atoms with Crippen LogP contribution in [0.15, 0.2) is 48.5 Å². The molecule has 1 aliphatic carbocycles. The lowest BCUT2D eigenvalue weighted by molar-refractivity contribution is -0.134. The SMILES string of the molecule is OCC1(CNC2c3ccccc3-c3ccccc32)COC1. The van der Waals surface area contributed by atoms with Gasteiger partial charge in [-0.3, -0.25) is 0 Å². The van der Waals surface area contributed by atoms with Crippen molar-refractivity contribution in [3.8, 4) is 11.1 Å². The van der Waals surface area contributed by atoms with Crippen molar-refractivity contribution < 1.29 is 9.84 Å². The Morgan fingerprint density at radius 3 is 2.05 bits per heavy atom. The smallest absolute Gasteiger partial charge is 0.0589 e. The van der Waals surface area contributed by atoms with Gasteiger partial charge in [0.25, 0.3) is 0 Å². The second kappa shape index (κ2) is 4.95. The number of aliphatic hydroxyl groups is 1. The standard InChI is InChI=1S/C18H19NO2/c20-10-18(11-21-12-18)9-19-17-15-7-3-1-5-13(15)14-6-2-4-8-16(14)17/h1-8,17,19-20H,9-12H2. The van der Waals surface area contributed by atoms with Crippen molar-refractivity contribution in [1.82, 2.24) is 5.32 Å². The Balaban J connectivity index is 1.65. The summed E-state index contributed by atoms with van der Waals surface area (Å²) in [6.07, 6.45) is 0. The Hall–Kier alpha value is -1.68. The third kappa shape index (κ3) is 2.01. The number of hydrogen-bond donors (Lipinski definition) is 2. The highest BCUT2D eigenvalue weighted by Crippen LogP contribution is 2.43. The molecule has 4 rings (SSSR count). The predicted octanol–water partition coefficient (Wildman–Crippen LogP) is 2.35. The highest BCUT2D eigenvalue weighted by molar-refractivity contribution is 5.78. The molecule has 0 spiro atoms. The molecule has 0 amide bonds. The van der Waals surface area contributed by atoms with Crippen LogP contribution in [0, 0.1) is 5.41 Å². The van der Waals surface area contributed by atoms with E-state index in [-0.39, 0.29) is 18.1 Å². The summed E-state index contributed by atoms with van der Waals surface area (Å²) in [4.78, 5) is 0. The third-order valence-corrected chi connectivity index (χ3v) is 4.67. The van der Waals surface area contributed by atoms with Gasteiger partial charge in [0.05, 0.1) is 31.3 Å². The fraction of sp³-hybridized carbons (Fsp3) is 0.333. The van der Waals surface area contributed by atoms with Crippen molar-refractivity contribution in [1.29, 1.82) is 0 Å². The van der Waals surface area contributed by atoms with Gasteiger partial charge in [0.2, 0.25) is 0 Å². The summed E-state index contributed by atoms with van der Waals surface area (Å²) in [6, 6.07) is 17.3. The van der Waals surface area contributed by atoms with Crippen LogP contribution < -0.4 is 5.32 Å². The van der Waals surface area contributed by atoms with Gasteiger partial charge in [-0.25, -0.2) is 0 Å². The molecule has 1 fully saturated rings. The number of hydrogen-bond acceptors (Lipinski definition) is 3. The molecule has 1 aliphatic heterocycles. The minimum Gasteiger partial charge on any atom is -0.396 e. The minimum atomic E-state index is -0.105. The first-order chi connectivity index (χ1) is 10.3. The summed E-state index contributed by atoms with van der Waals surface area (Å²) in [5.41, 5.74) is 5.17. The molecule has 2 aliphatic rings. The fourth-order valence-corrected chi connectivity index (χ4v) is 3.33. The summed E-state index contributed by atoms with van der Waals surface area (Å²) >= 11 is 0. The molecule has 2 aromatic rings. The van der Waals surface area contributed by atoms with E-state index in [1.165, 1.54) is 22.3 Å². The van der Waals surface area contributed by atoms with Crippen LogP contribution in [-0.2, 0) is 4.74 Å². The minimum absolute atomic E-state index is 0.105. The molecular weight excluding hydrogens is 262 g/mol. The lowest BCUT2D eigenvalue weighted by Crippen LogP contribution is -2.52. The van der Waals surface area contributed by atoms with Gasteiger partial charge < -0.3 is 15.2 Å². The third-order valence-electron chi connectivity index (χ3n) is 4.67. The average molecular weight is 281 g/mol.